The molecule has 1 aromatic rings. The number of alkyl halides is 1. The molecule has 4 atom stereocenters. The van der Waals surface area contributed by atoms with Crippen molar-refractivity contribution in [2.45, 2.75) is 36.1 Å². The number of hydrogen-bond donors (Lipinski definition) is 1. The van der Waals surface area contributed by atoms with Crippen molar-refractivity contribution in [1.29, 1.82) is 0 Å². The zero-order chi connectivity index (χ0) is 10.4. The second-order valence-corrected chi connectivity index (χ2v) is 5.88. The Morgan fingerprint density at radius 2 is 1.87 bits per heavy atom. The number of benzene rings is 1. The second-order valence-electron chi connectivity index (χ2n) is 4.70. The van der Waals surface area contributed by atoms with Crippen LogP contribution >= 0.6 is 15.9 Å². The summed E-state index contributed by atoms with van der Waals surface area (Å²) in [6.45, 7) is 0. The third-order valence-electron chi connectivity index (χ3n) is 3.96. The lowest BCUT2D eigenvalue weighted by Gasteiger charge is -2.32. The molecule has 0 radical (unpaired) electrons. The van der Waals surface area contributed by atoms with Crippen LogP contribution in [0.4, 0.5) is 0 Å². The molecule has 0 heterocycles. The smallest absolute Gasteiger partial charge is 0.0837 e. The predicted octanol–water partition coefficient (Wildman–Crippen LogP) is 3.38. The predicted molar refractivity (Wildman–Crippen MR) is 64.2 cm³/mol. The Hall–Kier alpha value is -0.340. The minimum absolute atomic E-state index is 0.254. The lowest BCUT2D eigenvalue weighted by atomic mass is 9.79. The van der Waals surface area contributed by atoms with Gasteiger partial charge < -0.3 is 5.11 Å². The number of rotatable bonds is 0. The monoisotopic (exact) mass is 266 g/mol. The van der Waals surface area contributed by atoms with E-state index in [1.807, 2.05) is 6.07 Å². The first kappa shape index (κ1) is 9.86. The minimum atomic E-state index is -0.254. The molecule has 0 spiro atoms. The van der Waals surface area contributed by atoms with Crippen LogP contribution in [-0.2, 0) is 0 Å². The Morgan fingerprint density at radius 1 is 1.13 bits per heavy atom. The molecule has 15 heavy (non-hydrogen) atoms. The Balaban J connectivity index is 2.06. The number of fused-ring (bicyclic) bond motifs is 3. The molecular formula is C13H15BrO. The summed E-state index contributed by atoms with van der Waals surface area (Å²) in [7, 11) is 0. The fraction of sp³-hybridized carbons (Fsp3) is 0.538. The van der Waals surface area contributed by atoms with Crippen molar-refractivity contribution in [3.8, 4) is 0 Å². The topological polar surface area (TPSA) is 20.2 Å². The number of aliphatic hydroxyl groups is 1. The third-order valence-corrected chi connectivity index (χ3v) is 5.02. The summed E-state index contributed by atoms with van der Waals surface area (Å²) in [5.41, 5.74) is 2.55. The lowest BCUT2D eigenvalue weighted by Crippen LogP contribution is -2.26. The molecule has 1 saturated carbocycles. The maximum atomic E-state index is 10.3. The molecule has 0 aromatic heterocycles. The zero-order valence-corrected chi connectivity index (χ0v) is 10.2. The Morgan fingerprint density at radius 3 is 2.67 bits per heavy atom. The first-order valence-electron chi connectivity index (χ1n) is 5.70. The van der Waals surface area contributed by atoms with Gasteiger partial charge in [0.05, 0.1) is 6.10 Å². The van der Waals surface area contributed by atoms with Gasteiger partial charge in [-0.3, -0.25) is 0 Å². The summed E-state index contributed by atoms with van der Waals surface area (Å²) in [5.74, 6) is 0.977. The average molecular weight is 267 g/mol. The first-order valence-corrected chi connectivity index (χ1v) is 6.61. The maximum Gasteiger partial charge on any atom is 0.0837 e. The SMILES string of the molecule is OC1c2ccccc2C2CCCC(Br)C12. The van der Waals surface area contributed by atoms with Gasteiger partial charge in [-0.2, -0.15) is 0 Å². The van der Waals surface area contributed by atoms with Crippen LogP contribution in [0.3, 0.4) is 0 Å². The van der Waals surface area contributed by atoms with E-state index in [1.54, 1.807) is 0 Å². The van der Waals surface area contributed by atoms with E-state index in [1.165, 1.54) is 30.4 Å². The van der Waals surface area contributed by atoms with Gasteiger partial charge in [0.15, 0.2) is 0 Å². The van der Waals surface area contributed by atoms with Gasteiger partial charge in [-0.1, -0.05) is 46.6 Å². The van der Waals surface area contributed by atoms with Gasteiger partial charge in [0.25, 0.3) is 0 Å². The highest BCUT2D eigenvalue weighted by Gasteiger charge is 2.44. The van der Waals surface area contributed by atoms with Gasteiger partial charge in [-0.25, -0.2) is 0 Å². The quantitative estimate of drug-likeness (QED) is 0.714. The largest absolute Gasteiger partial charge is 0.388 e. The van der Waals surface area contributed by atoms with Gasteiger partial charge in [0, 0.05) is 10.7 Å². The van der Waals surface area contributed by atoms with Crippen LogP contribution in [0.2, 0.25) is 0 Å². The molecule has 1 fully saturated rings. The molecule has 1 N–H and O–H groups in total. The summed E-state index contributed by atoms with van der Waals surface area (Å²) in [6, 6.07) is 8.39. The zero-order valence-electron chi connectivity index (χ0n) is 8.57. The molecule has 2 heteroatoms. The van der Waals surface area contributed by atoms with E-state index in [0.29, 0.717) is 16.7 Å². The molecule has 2 aliphatic carbocycles. The van der Waals surface area contributed by atoms with Crippen molar-refractivity contribution >= 4 is 15.9 Å². The molecular weight excluding hydrogens is 252 g/mol. The fourth-order valence-electron chi connectivity index (χ4n) is 3.28. The second kappa shape index (κ2) is 3.60. The van der Waals surface area contributed by atoms with E-state index < -0.39 is 0 Å². The van der Waals surface area contributed by atoms with Crippen LogP contribution in [-0.4, -0.2) is 9.93 Å². The molecule has 0 amide bonds. The Kier molecular flexibility index (Phi) is 2.37. The molecule has 0 bridgehead atoms. The van der Waals surface area contributed by atoms with Crippen molar-refractivity contribution in [3.63, 3.8) is 0 Å². The molecule has 1 nitrogen and oxygen atoms in total. The van der Waals surface area contributed by atoms with Gasteiger partial charge >= 0.3 is 0 Å². The fourth-order valence-corrected chi connectivity index (χ4v) is 4.26. The van der Waals surface area contributed by atoms with Gasteiger partial charge in [0.2, 0.25) is 0 Å². The summed E-state index contributed by atoms with van der Waals surface area (Å²) in [5, 5.41) is 10.3. The van der Waals surface area contributed by atoms with E-state index in [2.05, 4.69) is 34.1 Å². The third kappa shape index (κ3) is 1.38. The molecule has 4 unspecified atom stereocenters. The van der Waals surface area contributed by atoms with E-state index in [9.17, 15) is 5.11 Å². The minimum Gasteiger partial charge on any atom is -0.388 e. The average Bonchev–Trinajstić information content (AvgIpc) is 2.55. The van der Waals surface area contributed by atoms with Gasteiger partial charge in [-0.05, 0) is 29.9 Å². The summed E-state index contributed by atoms with van der Waals surface area (Å²) >= 11 is 3.73. The van der Waals surface area contributed by atoms with Crippen LogP contribution in [0.25, 0.3) is 0 Å². The van der Waals surface area contributed by atoms with Crippen LogP contribution in [0, 0.1) is 5.92 Å². The van der Waals surface area contributed by atoms with Gasteiger partial charge in [0.1, 0.15) is 0 Å². The van der Waals surface area contributed by atoms with E-state index in [-0.39, 0.29) is 6.10 Å². The van der Waals surface area contributed by atoms with Crippen molar-refractivity contribution in [3.05, 3.63) is 35.4 Å². The van der Waals surface area contributed by atoms with Crippen LogP contribution < -0.4 is 0 Å². The van der Waals surface area contributed by atoms with E-state index in [0.717, 1.165) is 0 Å². The lowest BCUT2D eigenvalue weighted by molar-refractivity contribution is 0.0962. The van der Waals surface area contributed by atoms with Crippen molar-refractivity contribution in [2.24, 2.45) is 5.92 Å². The maximum absolute atomic E-state index is 10.3. The highest BCUT2D eigenvalue weighted by molar-refractivity contribution is 9.09. The molecule has 80 valence electrons. The standard InChI is InChI=1S/C13H15BrO/c14-11-7-3-6-9-8-4-1-2-5-10(8)13(15)12(9)11/h1-2,4-5,9,11-13,15H,3,6-7H2. The Bertz CT molecular complexity index is 377. The van der Waals surface area contributed by atoms with E-state index >= 15 is 0 Å². The molecule has 2 aliphatic rings. The summed E-state index contributed by atoms with van der Waals surface area (Å²) in [6.07, 6.45) is 3.46. The molecule has 1 aromatic carbocycles. The first-order chi connectivity index (χ1) is 7.29. The van der Waals surface area contributed by atoms with Crippen LogP contribution in [0.1, 0.15) is 42.4 Å². The normalized spacial score (nSPS) is 38.5. The van der Waals surface area contributed by atoms with Gasteiger partial charge in [-0.15, -0.1) is 0 Å². The highest BCUT2D eigenvalue weighted by atomic mass is 79.9. The number of aliphatic hydroxyl groups excluding tert-OH is 1. The summed E-state index contributed by atoms with van der Waals surface area (Å²) < 4.78 is 0. The molecule has 3 rings (SSSR count). The van der Waals surface area contributed by atoms with Crippen molar-refractivity contribution in [1.82, 2.24) is 0 Å². The number of halogens is 1. The summed E-state index contributed by atoms with van der Waals surface area (Å²) in [4.78, 5) is 0.485. The Labute approximate surface area is 98.6 Å². The van der Waals surface area contributed by atoms with Crippen LogP contribution in [0.15, 0.2) is 24.3 Å². The highest BCUT2D eigenvalue weighted by Crippen LogP contribution is 2.53. The van der Waals surface area contributed by atoms with Crippen LogP contribution in [0.5, 0.6) is 0 Å². The molecule has 0 aliphatic heterocycles. The van der Waals surface area contributed by atoms with E-state index in [4.69, 9.17) is 0 Å². The molecule has 0 saturated heterocycles. The van der Waals surface area contributed by atoms with Crippen molar-refractivity contribution in [2.75, 3.05) is 0 Å². The van der Waals surface area contributed by atoms with Crippen molar-refractivity contribution < 1.29 is 5.11 Å². The number of hydrogen-bond acceptors (Lipinski definition) is 1.